The minimum atomic E-state index is -3.46. The van der Waals surface area contributed by atoms with E-state index in [1.807, 2.05) is 6.92 Å². The molecule has 3 nitrogen and oxygen atoms in total. The molecular weight excluding hydrogens is 358 g/mol. The highest BCUT2D eigenvalue weighted by Gasteiger charge is 2.29. The van der Waals surface area contributed by atoms with Gasteiger partial charge in [0.25, 0.3) is 0 Å². The van der Waals surface area contributed by atoms with E-state index >= 15 is 0 Å². The summed E-state index contributed by atoms with van der Waals surface area (Å²) in [6.07, 6.45) is 3.80. The number of rotatable bonds is 3. The molecule has 102 valence electrons. The van der Waals surface area contributed by atoms with Crippen molar-refractivity contribution < 1.29 is 8.42 Å². The van der Waals surface area contributed by atoms with Gasteiger partial charge in [0, 0.05) is 16.3 Å². The fourth-order valence-electron chi connectivity index (χ4n) is 2.18. The molecule has 1 aromatic rings. The minimum Gasteiger partial charge on any atom is -0.207 e. The number of thiophene rings is 1. The second kappa shape index (κ2) is 5.79. The van der Waals surface area contributed by atoms with Crippen molar-refractivity contribution in [3.05, 3.63) is 14.7 Å². The average Bonchev–Trinajstić information content (AvgIpc) is 2.62. The van der Waals surface area contributed by atoms with E-state index in [0.29, 0.717) is 4.90 Å². The molecule has 7 heteroatoms. The second-order valence-electron chi connectivity index (χ2n) is 4.50. The predicted molar refractivity (Wildman–Crippen MR) is 79.0 cm³/mol. The van der Waals surface area contributed by atoms with Gasteiger partial charge in [0.1, 0.15) is 0 Å². The summed E-state index contributed by atoms with van der Waals surface area (Å²) in [5, 5.41) is -0.101. The van der Waals surface area contributed by atoms with Crippen molar-refractivity contribution in [1.82, 2.24) is 4.72 Å². The summed E-state index contributed by atoms with van der Waals surface area (Å²) in [5.41, 5.74) is 0. The Kier molecular flexibility index (Phi) is 4.75. The third kappa shape index (κ3) is 3.28. The summed E-state index contributed by atoms with van der Waals surface area (Å²) in [7, 11) is -3.46. The van der Waals surface area contributed by atoms with E-state index in [1.165, 1.54) is 11.3 Å². The first-order valence-electron chi connectivity index (χ1n) is 5.82. The first-order chi connectivity index (χ1) is 8.40. The van der Waals surface area contributed by atoms with Gasteiger partial charge in [-0.1, -0.05) is 12.8 Å². The van der Waals surface area contributed by atoms with Gasteiger partial charge in [-0.05, 0) is 41.8 Å². The Morgan fingerprint density at radius 3 is 2.67 bits per heavy atom. The van der Waals surface area contributed by atoms with Crippen LogP contribution in [0.2, 0.25) is 0 Å². The first-order valence-corrected chi connectivity index (χ1v) is 9.35. The summed E-state index contributed by atoms with van der Waals surface area (Å²) in [6, 6.07) is 1.50. The van der Waals surface area contributed by atoms with Gasteiger partial charge in [0.15, 0.2) is 0 Å². The normalized spacial score (nSPS) is 25.3. The number of sulfonamides is 1. The molecule has 0 aromatic carbocycles. The lowest BCUT2D eigenvalue weighted by Gasteiger charge is -2.27. The molecule has 0 spiro atoms. The number of aryl methyl sites for hydroxylation is 1. The van der Waals surface area contributed by atoms with Crippen molar-refractivity contribution in [2.75, 3.05) is 0 Å². The largest absolute Gasteiger partial charge is 0.242 e. The molecule has 18 heavy (non-hydrogen) atoms. The zero-order valence-corrected chi connectivity index (χ0v) is 13.9. The fourth-order valence-corrected chi connectivity index (χ4v) is 6.32. The van der Waals surface area contributed by atoms with Gasteiger partial charge in [0.05, 0.1) is 8.68 Å². The quantitative estimate of drug-likeness (QED) is 0.823. The topological polar surface area (TPSA) is 46.2 Å². The van der Waals surface area contributed by atoms with Crippen LogP contribution in [0.1, 0.15) is 30.6 Å². The van der Waals surface area contributed by atoms with E-state index in [4.69, 9.17) is 11.6 Å². The number of halogens is 2. The van der Waals surface area contributed by atoms with Gasteiger partial charge >= 0.3 is 0 Å². The molecule has 0 bridgehead atoms. The van der Waals surface area contributed by atoms with Crippen LogP contribution < -0.4 is 4.72 Å². The van der Waals surface area contributed by atoms with Crippen molar-refractivity contribution in [3.63, 3.8) is 0 Å². The number of hydrogen-bond donors (Lipinski definition) is 1. The minimum absolute atomic E-state index is 0.101. The van der Waals surface area contributed by atoms with Crippen molar-refractivity contribution >= 4 is 48.9 Å². The highest BCUT2D eigenvalue weighted by Crippen LogP contribution is 2.31. The maximum absolute atomic E-state index is 12.3. The molecule has 1 saturated carbocycles. The van der Waals surface area contributed by atoms with Crippen LogP contribution in [0.4, 0.5) is 0 Å². The average molecular weight is 373 g/mol. The summed E-state index contributed by atoms with van der Waals surface area (Å²) in [6.45, 7) is 1.81. The van der Waals surface area contributed by atoms with Gasteiger partial charge in [-0.15, -0.1) is 22.9 Å². The van der Waals surface area contributed by atoms with E-state index < -0.39 is 10.0 Å². The van der Waals surface area contributed by atoms with E-state index in [-0.39, 0.29) is 11.4 Å². The Morgan fingerprint density at radius 2 is 2.11 bits per heavy atom. The third-order valence-electron chi connectivity index (χ3n) is 3.12. The Labute approximate surface area is 125 Å². The van der Waals surface area contributed by atoms with Crippen molar-refractivity contribution in [2.24, 2.45) is 0 Å². The molecule has 2 atom stereocenters. The zero-order chi connectivity index (χ0) is 13.3. The predicted octanol–water partition coefficient (Wildman–Crippen LogP) is 3.65. The van der Waals surface area contributed by atoms with Crippen LogP contribution in [-0.4, -0.2) is 19.8 Å². The van der Waals surface area contributed by atoms with Crippen LogP contribution in [0.25, 0.3) is 0 Å². The lowest BCUT2D eigenvalue weighted by Crippen LogP contribution is -2.42. The van der Waals surface area contributed by atoms with Crippen molar-refractivity contribution in [1.29, 1.82) is 0 Å². The lowest BCUT2D eigenvalue weighted by atomic mass is 9.96. The molecular formula is C11H15BrClNO2S2. The van der Waals surface area contributed by atoms with E-state index in [1.54, 1.807) is 6.07 Å². The molecule has 1 N–H and O–H groups in total. The Morgan fingerprint density at radius 1 is 1.44 bits per heavy atom. The van der Waals surface area contributed by atoms with Crippen LogP contribution in [0.5, 0.6) is 0 Å². The van der Waals surface area contributed by atoms with Gasteiger partial charge in [-0.25, -0.2) is 13.1 Å². The fraction of sp³-hybridized carbons (Fsp3) is 0.636. The summed E-state index contributed by atoms with van der Waals surface area (Å²) in [4.78, 5) is 1.14. The van der Waals surface area contributed by atoms with Crippen LogP contribution >= 0.6 is 38.9 Å². The van der Waals surface area contributed by atoms with Gasteiger partial charge in [0.2, 0.25) is 10.0 Å². The monoisotopic (exact) mass is 371 g/mol. The van der Waals surface area contributed by atoms with Crippen LogP contribution in [-0.2, 0) is 10.0 Å². The zero-order valence-electron chi connectivity index (χ0n) is 9.95. The molecule has 0 saturated heterocycles. The van der Waals surface area contributed by atoms with Gasteiger partial charge in [-0.2, -0.15) is 0 Å². The maximum atomic E-state index is 12.3. The molecule has 0 amide bonds. The van der Waals surface area contributed by atoms with Crippen LogP contribution in [0, 0.1) is 6.92 Å². The van der Waals surface area contributed by atoms with E-state index in [9.17, 15) is 8.42 Å². The maximum Gasteiger partial charge on any atom is 0.242 e. The number of hydrogen-bond acceptors (Lipinski definition) is 3. The van der Waals surface area contributed by atoms with Crippen LogP contribution in [0.15, 0.2) is 14.7 Å². The Balaban J connectivity index is 2.19. The van der Waals surface area contributed by atoms with Gasteiger partial charge < -0.3 is 0 Å². The molecule has 0 radical (unpaired) electrons. The van der Waals surface area contributed by atoms with Crippen LogP contribution in [0.3, 0.4) is 0 Å². The first kappa shape index (κ1) is 14.8. The molecule has 1 heterocycles. The Bertz CT molecular complexity index is 529. The number of nitrogens with one attached hydrogen (secondary N) is 1. The summed E-state index contributed by atoms with van der Waals surface area (Å²) in [5.74, 6) is 0. The Hall–Kier alpha value is 0.380. The standard InChI is InChI=1S/C11H15BrClNO2S2/c1-7-10(6-11(12)17-7)18(15,16)14-9-5-3-2-4-8(9)13/h6,8-9,14H,2-5H2,1H3. The van der Waals surface area contributed by atoms with Crippen molar-refractivity contribution in [3.8, 4) is 0 Å². The molecule has 1 fully saturated rings. The SMILES string of the molecule is Cc1sc(Br)cc1S(=O)(=O)NC1CCCCC1Cl. The second-order valence-corrected chi connectivity index (χ2v) is 9.38. The highest BCUT2D eigenvalue weighted by atomic mass is 79.9. The lowest BCUT2D eigenvalue weighted by molar-refractivity contribution is 0.418. The van der Waals surface area contributed by atoms with E-state index in [2.05, 4.69) is 20.7 Å². The summed E-state index contributed by atoms with van der Waals surface area (Å²) < 4.78 is 28.2. The molecule has 1 aliphatic rings. The molecule has 0 aliphatic heterocycles. The summed E-state index contributed by atoms with van der Waals surface area (Å²) >= 11 is 10.9. The van der Waals surface area contributed by atoms with Gasteiger partial charge in [-0.3, -0.25) is 0 Å². The third-order valence-corrected chi connectivity index (χ3v) is 6.94. The molecule has 2 rings (SSSR count). The number of alkyl halides is 1. The molecule has 1 aliphatic carbocycles. The van der Waals surface area contributed by atoms with Crippen molar-refractivity contribution in [2.45, 2.75) is 48.9 Å². The highest BCUT2D eigenvalue weighted by molar-refractivity contribution is 9.11. The van der Waals surface area contributed by atoms with E-state index in [0.717, 1.165) is 34.3 Å². The molecule has 2 unspecified atom stereocenters. The molecule has 1 aromatic heterocycles. The smallest absolute Gasteiger partial charge is 0.207 e.